The predicted octanol–water partition coefficient (Wildman–Crippen LogP) is 5.25. The number of aryl methyl sites for hydroxylation is 1. The SMILES string of the molecule is CCn1cc(-c2ccccc2[C@@H]2CN(C(=O)/C=C/Cn3ccnc3)CC3=C2CC(C#N)S3)c(C(F)(F)F)n1. The first kappa shape index (κ1) is 25.9. The number of alkyl halides is 3. The Morgan fingerprint density at radius 2 is 2.11 bits per heavy atom. The molecule has 0 fully saturated rings. The van der Waals surface area contributed by atoms with Crippen molar-refractivity contribution in [3.05, 3.63) is 83.1 Å². The quantitative estimate of drug-likeness (QED) is 0.401. The summed E-state index contributed by atoms with van der Waals surface area (Å²) in [4.78, 5) is 19.8. The first-order valence-corrected chi connectivity index (χ1v) is 13.1. The van der Waals surface area contributed by atoms with Crippen LogP contribution < -0.4 is 0 Å². The fraction of sp³-hybridized carbons (Fsp3) is 0.333. The second-order valence-corrected chi connectivity index (χ2v) is 10.5. The van der Waals surface area contributed by atoms with Crippen molar-refractivity contribution in [2.75, 3.05) is 13.1 Å². The zero-order valence-corrected chi connectivity index (χ0v) is 21.4. The number of hydrogen-bond acceptors (Lipinski definition) is 5. The summed E-state index contributed by atoms with van der Waals surface area (Å²) < 4.78 is 45.0. The van der Waals surface area contributed by atoms with Gasteiger partial charge in [-0.15, -0.1) is 11.8 Å². The molecule has 0 radical (unpaired) electrons. The Morgan fingerprint density at radius 1 is 1.29 bits per heavy atom. The molecule has 0 saturated carbocycles. The summed E-state index contributed by atoms with van der Waals surface area (Å²) in [7, 11) is 0. The van der Waals surface area contributed by atoms with E-state index in [0.717, 1.165) is 10.5 Å². The number of benzene rings is 1. The van der Waals surface area contributed by atoms with Gasteiger partial charge < -0.3 is 9.47 Å². The summed E-state index contributed by atoms with van der Waals surface area (Å²) in [5.41, 5.74) is 1.25. The van der Waals surface area contributed by atoms with Gasteiger partial charge in [0.2, 0.25) is 5.91 Å². The van der Waals surface area contributed by atoms with Gasteiger partial charge in [-0.3, -0.25) is 9.48 Å². The van der Waals surface area contributed by atoms with Crippen molar-refractivity contribution in [1.29, 1.82) is 5.26 Å². The van der Waals surface area contributed by atoms with Crippen molar-refractivity contribution in [2.45, 2.75) is 43.8 Å². The molecule has 0 spiro atoms. The molecule has 0 aliphatic carbocycles. The zero-order chi connectivity index (χ0) is 26.9. The van der Waals surface area contributed by atoms with Crippen LogP contribution in [0, 0.1) is 11.3 Å². The number of rotatable bonds is 6. The fourth-order valence-corrected chi connectivity index (χ4v) is 6.25. The van der Waals surface area contributed by atoms with Gasteiger partial charge in [0.05, 0.1) is 24.2 Å². The number of hydrogen-bond donors (Lipinski definition) is 0. The van der Waals surface area contributed by atoms with Crippen molar-refractivity contribution in [3.63, 3.8) is 0 Å². The van der Waals surface area contributed by atoms with E-state index in [1.807, 2.05) is 10.6 Å². The molecule has 0 bridgehead atoms. The number of carbonyl (C=O) groups excluding carboxylic acids is 1. The molecule has 0 saturated heterocycles. The summed E-state index contributed by atoms with van der Waals surface area (Å²) >= 11 is 1.44. The molecular formula is C27H25F3N6OS. The number of aromatic nitrogens is 4. The maximum Gasteiger partial charge on any atom is 0.435 e. The second-order valence-electron chi connectivity index (χ2n) is 9.15. The van der Waals surface area contributed by atoms with E-state index in [9.17, 15) is 23.2 Å². The van der Waals surface area contributed by atoms with Gasteiger partial charge in [-0.2, -0.15) is 23.5 Å². The summed E-state index contributed by atoms with van der Waals surface area (Å²) in [5.74, 6) is -0.521. The van der Waals surface area contributed by atoms with E-state index in [4.69, 9.17) is 0 Å². The van der Waals surface area contributed by atoms with Gasteiger partial charge in [0.15, 0.2) is 5.69 Å². The lowest BCUT2D eigenvalue weighted by molar-refractivity contribution is -0.141. The number of allylic oxidation sites excluding steroid dienone is 1. The van der Waals surface area contributed by atoms with Crippen molar-refractivity contribution in [1.82, 2.24) is 24.2 Å². The first-order chi connectivity index (χ1) is 18.3. The average molecular weight is 539 g/mol. The average Bonchev–Trinajstić information content (AvgIpc) is 3.67. The monoisotopic (exact) mass is 538 g/mol. The summed E-state index contributed by atoms with van der Waals surface area (Å²) in [6.07, 6.45) is 5.73. The maximum atomic E-state index is 14.0. The lowest BCUT2D eigenvalue weighted by Crippen LogP contribution is -2.38. The summed E-state index contributed by atoms with van der Waals surface area (Å²) in [5, 5.41) is 13.1. The zero-order valence-electron chi connectivity index (χ0n) is 20.6. The van der Waals surface area contributed by atoms with E-state index in [2.05, 4.69) is 16.2 Å². The van der Waals surface area contributed by atoms with Gasteiger partial charge in [-0.25, -0.2) is 4.98 Å². The molecule has 1 unspecified atom stereocenters. The Balaban J connectivity index is 1.52. The van der Waals surface area contributed by atoms with Gasteiger partial charge in [0.1, 0.15) is 0 Å². The normalized spacial score (nSPS) is 19.7. The van der Waals surface area contributed by atoms with E-state index < -0.39 is 11.9 Å². The van der Waals surface area contributed by atoms with Crippen LogP contribution in [0.4, 0.5) is 13.2 Å². The molecule has 3 aromatic rings. The minimum Gasteiger partial charge on any atom is -0.334 e. The van der Waals surface area contributed by atoms with Crippen LogP contribution >= 0.6 is 11.8 Å². The number of carbonyl (C=O) groups is 1. The summed E-state index contributed by atoms with van der Waals surface area (Å²) in [6.45, 7) is 3.23. The number of imidazole rings is 1. The smallest absolute Gasteiger partial charge is 0.334 e. The molecule has 2 aromatic heterocycles. The van der Waals surface area contributed by atoms with Gasteiger partial charge in [0.25, 0.3) is 0 Å². The van der Waals surface area contributed by atoms with Gasteiger partial charge >= 0.3 is 6.18 Å². The highest BCUT2D eigenvalue weighted by atomic mass is 32.2. The van der Waals surface area contributed by atoms with E-state index >= 15 is 0 Å². The molecule has 0 N–H and O–H groups in total. The van der Waals surface area contributed by atoms with Crippen LogP contribution in [-0.2, 0) is 24.1 Å². The number of nitriles is 1. The number of thioether (sulfide) groups is 1. The van der Waals surface area contributed by atoms with Crippen molar-refractivity contribution >= 4 is 17.7 Å². The van der Waals surface area contributed by atoms with E-state index in [1.165, 1.54) is 28.7 Å². The van der Waals surface area contributed by atoms with Gasteiger partial charge in [-0.1, -0.05) is 30.3 Å². The Hall–Kier alpha value is -3.78. The van der Waals surface area contributed by atoms with Gasteiger partial charge in [-0.05, 0) is 30.0 Å². The van der Waals surface area contributed by atoms with E-state index in [1.54, 1.807) is 54.8 Å². The van der Waals surface area contributed by atoms with E-state index in [0.29, 0.717) is 43.7 Å². The topological polar surface area (TPSA) is 79.7 Å². The van der Waals surface area contributed by atoms with Crippen LogP contribution in [-0.4, -0.2) is 48.5 Å². The molecule has 11 heteroatoms. The lowest BCUT2D eigenvalue weighted by atomic mass is 9.81. The van der Waals surface area contributed by atoms with Crippen LogP contribution in [0.15, 0.2) is 71.8 Å². The van der Waals surface area contributed by atoms with Crippen molar-refractivity contribution in [2.24, 2.45) is 0 Å². The minimum absolute atomic E-state index is 0.0169. The molecular weight excluding hydrogens is 513 g/mol. The molecule has 2 aliphatic heterocycles. The standard InChI is InChI=1S/C27H25F3N6OS/c1-2-36-15-23(26(33-36)27(28,29)30)20-7-4-3-6-19(20)22-14-35(16-24-21(22)12-18(13-31)38-24)25(37)8-5-10-34-11-9-32-17-34/h3-9,11,15,17-18,22H,2,10,12,14,16H2,1H3/b8-5+/t18?,22-/m0/s1. The molecule has 1 aromatic carbocycles. The highest BCUT2D eigenvalue weighted by molar-refractivity contribution is 8.04. The predicted molar refractivity (Wildman–Crippen MR) is 138 cm³/mol. The third kappa shape index (κ3) is 5.13. The van der Waals surface area contributed by atoms with Crippen LogP contribution in [0.1, 0.15) is 30.5 Å². The molecule has 38 heavy (non-hydrogen) atoms. The third-order valence-corrected chi connectivity index (χ3v) is 8.01. The van der Waals surface area contributed by atoms with Gasteiger partial charge in [0, 0.05) is 60.7 Å². The van der Waals surface area contributed by atoms with E-state index in [-0.39, 0.29) is 22.6 Å². The fourth-order valence-electron chi connectivity index (χ4n) is 4.98. The Morgan fingerprint density at radius 3 is 2.82 bits per heavy atom. The Kier molecular flexibility index (Phi) is 7.17. The van der Waals surface area contributed by atoms with Crippen molar-refractivity contribution in [3.8, 4) is 17.2 Å². The number of nitrogens with zero attached hydrogens (tertiary/aromatic N) is 6. The molecule has 4 heterocycles. The first-order valence-electron chi connectivity index (χ1n) is 12.2. The number of amides is 1. The minimum atomic E-state index is -4.61. The highest BCUT2D eigenvalue weighted by Gasteiger charge is 2.41. The molecule has 7 nitrogen and oxygen atoms in total. The number of halogens is 3. The molecule has 2 aliphatic rings. The lowest BCUT2D eigenvalue weighted by Gasteiger charge is -2.34. The van der Waals surface area contributed by atoms with Crippen LogP contribution in [0.2, 0.25) is 0 Å². The van der Waals surface area contributed by atoms with Crippen LogP contribution in [0.3, 0.4) is 0 Å². The van der Waals surface area contributed by atoms with Crippen molar-refractivity contribution < 1.29 is 18.0 Å². The largest absolute Gasteiger partial charge is 0.435 e. The molecule has 2 atom stereocenters. The Labute approximate surface area is 222 Å². The highest BCUT2D eigenvalue weighted by Crippen LogP contribution is 2.49. The van der Waals surface area contributed by atoms with Crippen LogP contribution in [0.5, 0.6) is 0 Å². The second kappa shape index (κ2) is 10.5. The van der Waals surface area contributed by atoms with Crippen LogP contribution in [0.25, 0.3) is 11.1 Å². The summed E-state index contributed by atoms with van der Waals surface area (Å²) in [6, 6.07) is 9.31. The third-order valence-electron chi connectivity index (χ3n) is 6.78. The molecule has 5 rings (SSSR count). The molecule has 196 valence electrons. The Bertz CT molecular complexity index is 1430. The molecule has 1 amide bonds. The maximum absolute atomic E-state index is 14.0.